The topological polar surface area (TPSA) is 107 Å². The van der Waals surface area contributed by atoms with E-state index in [-0.39, 0.29) is 29.2 Å². The van der Waals surface area contributed by atoms with Gasteiger partial charge in [0.25, 0.3) is 0 Å². The SMILES string of the molecule is O=C(O)[C@H]1[C@H](C(=O)NCCc2ccc(O)c(O)c2)[C@H]2C=C[C@H]1C2. The lowest BCUT2D eigenvalue weighted by atomic mass is 9.82. The summed E-state index contributed by atoms with van der Waals surface area (Å²) in [6, 6.07) is 4.51. The molecule has 0 saturated heterocycles. The van der Waals surface area contributed by atoms with Gasteiger partial charge >= 0.3 is 5.97 Å². The van der Waals surface area contributed by atoms with Crippen LogP contribution < -0.4 is 5.32 Å². The number of phenolic OH excluding ortho intramolecular Hbond substituents is 2. The van der Waals surface area contributed by atoms with E-state index in [0.717, 1.165) is 12.0 Å². The summed E-state index contributed by atoms with van der Waals surface area (Å²) in [5.41, 5.74) is 0.781. The zero-order valence-corrected chi connectivity index (χ0v) is 12.5. The summed E-state index contributed by atoms with van der Waals surface area (Å²) in [5, 5.41) is 30.8. The summed E-state index contributed by atoms with van der Waals surface area (Å²) in [6.07, 6.45) is 5.09. The van der Waals surface area contributed by atoms with Crippen molar-refractivity contribution in [2.75, 3.05) is 6.54 Å². The van der Waals surface area contributed by atoms with E-state index >= 15 is 0 Å². The van der Waals surface area contributed by atoms with Gasteiger partial charge in [-0.2, -0.15) is 0 Å². The number of aromatic hydroxyl groups is 2. The van der Waals surface area contributed by atoms with Crippen LogP contribution in [-0.4, -0.2) is 33.7 Å². The predicted molar refractivity (Wildman–Crippen MR) is 81.8 cm³/mol. The largest absolute Gasteiger partial charge is 0.504 e. The van der Waals surface area contributed by atoms with Crippen molar-refractivity contribution in [2.45, 2.75) is 12.8 Å². The molecule has 1 amide bonds. The van der Waals surface area contributed by atoms with Gasteiger partial charge in [0.2, 0.25) is 5.91 Å². The third-order valence-electron chi connectivity index (χ3n) is 4.80. The highest BCUT2D eigenvalue weighted by Crippen LogP contribution is 2.48. The molecular formula is C17H19NO5. The van der Waals surface area contributed by atoms with Gasteiger partial charge < -0.3 is 20.6 Å². The van der Waals surface area contributed by atoms with Crippen LogP contribution in [0.25, 0.3) is 0 Å². The van der Waals surface area contributed by atoms with Gasteiger partial charge in [-0.1, -0.05) is 18.2 Å². The van der Waals surface area contributed by atoms with Gasteiger partial charge in [0.15, 0.2) is 11.5 Å². The fraction of sp³-hybridized carbons (Fsp3) is 0.412. The molecule has 4 atom stereocenters. The molecule has 0 aliphatic heterocycles. The number of rotatable bonds is 5. The van der Waals surface area contributed by atoms with Crippen LogP contribution in [0.3, 0.4) is 0 Å². The Balaban J connectivity index is 1.58. The first-order valence-electron chi connectivity index (χ1n) is 7.67. The molecule has 0 heterocycles. The molecule has 1 aromatic carbocycles. The summed E-state index contributed by atoms with van der Waals surface area (Å²) in [4.78, 5) is 23.8. The average Bonchev–Trinajstić information content (AvgIpc) is 3.11. The minimum atomic E-state index is -0.912. The second-order valence-corrected chi connectivity index (χ2v) is 6.20. The number of fused-ring (bicyclic) bond motifs is 2. The first-order valence-corrected chi connectivity index (χ1v) is 7.67. The van der Waals surface area contributed by atoms with Crippen molar-refractivity contribution < 1.29 is 24.9 Å². The van der Waals surface area contributed by atoms with Crippen molar-refractivity contribution >= 4 is 11.9 Å². The number of benzene rings is 1. The Morgan fingerprint density at radius 1 is 1.09 bits per heavy atom. The fourth-order valence-corrected chi connectivity index (χ4v) is 3.69. The molecule has 0 aromatic heterocycles. The minimum Gasteiger partial charge on any atom is -0.504 e. The number of phenols is 2. The zero-order valence-electron chi connectivity index (χ0n) is 12.5. The highest BCUT2D eigenvalue weighted by molar-refractivity contribution is 5.86. The van der Waals surface area contributed by atoms with Crippen molar-refractivity contribution in [1.82, 2.24) is 5.32 Å². The van der Waals surface area contributed by atoms with Gasteiger partial charge in [-0.05, 0) is 42.4 Å². The number of carboxylic acid groups (broad SMARTS) is 1. The number of hydrogen-bond donors (Lipinski definition) is 4. The molecule has 2 aliphatic carbocycles. The molecule has 2 bridgehead atoms. The average molecular weight is 317 g/mol. The number of carbonyl (C=O) groups excluding carboxylic acids is 1. The Morgan fingerprint density at radius 3 is 2.43 bits per heavy atom. The molecule has 3 rings (SSSR count). The standard InChI is InChI=1S/C17H19NO5/c19-12-4-1-9(7-13(12)20)5-6-18-16(21)14-10-2-3-11(8-10)15(14)17(22)23/h1-4,7,10-11,14-15,19-20H,5-6,8H2,(H,18,21)(H,22,23)/t10-,11-,14+,15+/m0/s1. The van der Waals surface area contributed by atoms with Gasteiger partial charge in [0, 0.05) is 6.54 Å². The van der Waals surface area contributed by atoms with Crippen LogP contribution in [0.2, 0.25) is 0 Å². The molecule has 23 heavy (non-hydrogen) atoms. The monoisotopic (exact) mass is 317 g/mol. The van der Waals surface area contributed by atoms with E-state index < -0.39 is 17.8 Å². The lowest BCUT2D eigenvalue weighted by Crippen LogP contribution is -2.40. The molecule has 1 fully saturated rings. The summed E-state index contributed by atoms with van der Waals surface area (Å²) in [6.45, 7) is 0.354. The molecule has 1 saturated carbocycles. The normalized spacial score (nSPS) is 28.0. The first kappa shape index (κ1) is 15.4. The second kappa shape index (κ2) is 5.95. The number of allylic oxidation sites excluding steroid dienone is 2. The molecule has 1 aromatic rings. The summed E-state index contributed by atoms with van der Waals surface area (Å²) < 4.78 is 0. The molecular weight excluding hydrogens is 298 g/mol. The molecule has 0 unspecified atom stereocenters. The maximum atomic E-state index is 12.4. The number of carboxylic acids is 1. The van der Waals surface area contributed by atoms with Crippen molar-refractivity contribution in [2.24, 2.45) is 23.7 Å². The second-order valence-electron chi connectivity index (χ2n) is 6.20. The van der Waals surface area contributed by atoms with Crippen LogP contribution in [-0.2, 0) is 16.0 Å². The molecule has 6 nitrogen and oxygen atoms in total. The fourth-order valence-electron chi connectivity index (χ4n) is 3.69. The Labute approximate surface area is 133 Å². The van der Waals surface area contributed by atoms with E-state index in [1.165, 1.54) is 12.1 Å². The number of aliphatic carboxylic acids is 1. The van der Waals surface area contributed by atoms with E-state index in [9.17, 15) is 24.9 Å². The smallest absolute Gasteiger partial charge is 0.307 e. The third kappa shape index (κ3) is 2.88. The van der Waals surface area contributed by atoms with Crippen molar-refractivity contribution in [3.63, 3.8) is 0 Å². The Hall–Kier alpha value is -2.50. The van der Waals surface area contributed by atoms with Crippen LogP contribution >= 0.6 is 0 Å². The maximum absolute atomic E-state index is 12.4. The van der Waals surface area contributed by atoms with Gasteiger partial charge in [-0.15, -0.1) is 0 Å². The molecule has 2 aliphatic rings. The Kier molecular flexibility index (Phi) is 3.98. The van der Waals surface area contributed by atoms with E-state index in [2.05, 4.69) is 5.32 Å². The van der Waals surface area contributed by atoms with Crippen LogP contribution in [0.1, 0.15) is 12.0 Å². The van der Waals surface area contributed by atoms with Crippen molar-refractivity contribution in [3.05, 3.63) is 35.9 Å². The van der Waals surface area contributed by atoms with Crippen LogP contribution in [0.4, 0.5) is 0 Å². The first-order chi connectivity index (χ1) is 11.0. The van der Waals surface area contributed by atoms with E-state index in [1.807, 2.05) is 12.2 Å². The lowest BCUT2D eigenvalue weighted by Gasteiger charge is -2.23. The quantitative estimate of drug-likeness (QED) is 0.483. The Morgan fingerprint density at radius 2 is 1.78 bits per heavy atom. The maximum Gasteiger partial charge on any atom is 0.307 e. The summed E-state index contributed by atoms with van der Waals surface area (Å²) in [5.74, 6) is -2.68. The molecule has 6 heteroatoms. The lowest BCUT2D eigenvalue weighted by molar-refractivity contribution is -0.147. The minimum absolute atomic E-state index is 0.0128. The molecule has 0 radical (unpaired) electrons. The molecule has 4 N–H and O–H groups in total. The van der Waals surface area contributed by atoms with Crippen LogP contribution in [0.15, 0.2) is 30.4 Å². The van der Waals surface area contributed by atoms with Crippen molar-refractivity contribution in [3.8, 4) is 11.5 Å². The van der Waals surface area contributed by atoms with Crippen LogP contribution in [0, 0.1) is 23.7 Å². The molecule has 0 spiro atoms. The van der Waals surface area contributed by atoms with Gasteiger partial charge in [0.05, 0.1) is 11.8 Å². The number of hydrogen-bond acceptors (Lipinski definition) is 4. The van der Waals surface area contributed by atoms with E-state index in [4.69, 9.17) is 0 Å². The highest BCUT2D eigenvalue weighted by atomic mass is 16.4. The van der Waals surface area contributed by atoms with Gasteiger partial charge in [-0.3, -0.25) is 9.59 Å². The molecule has 122 valence electrons. The zero-order chi connectivity index (χ0) is 16.6. The number of amides is 1. The number of nitrogens with one attached hydrogen (secondary N) is 1. The van der Waals surface area contributed by atoms with E-state index in [0.29, 0.717) is 13.0 Å². The number of carbonyl (C=O) groups is 2. The highest BCUT2D eigenvalue weighted by Gasteiger charge is 2.51. The van der Waals surface area contributed by atoms with Crippen LogP contribution in [0.5, 0.6) is 11.5 Å². The third-order valence-corrected chi connectivity index (χ3v) is 4.80. The predicted octanol–water partition coefficient (Wildman–Crippen LogP) is 1.28. The summed E-state index contributed by atoms with van der Waals surface area (Å²) in [7, 11) is 0. The van der Waals surface area contributed by atoms with Gasteiger partial charge in [-0.25, -0.2) is 0 Å². The van der Waals surface area contributed by atoms with Crippen molar-refractivity contribution in [1.29, 1.82) is 0 Å². The Bertz CT molecular complexity index is 669. The summed E-state index contributed by atoms with van der Waals surface area (Å²) >= 11 is 0. The van der Waals surface area contributed by atoms with Gasteiger partial charge in [0.1, 0.15) is 0 Å². The van der Waals surface area contributed by atoms with E-state index in [1.54, 1.807) is 6.07 Å².